The quantitative estimate of drug-likeness (QED) is 0.737. The number of aryl methyl sites for hydroxylation is 2. The summed E-state index contributed by atoms with van der Waals surface area (Å²) in [5.41, 5.74) is 2.64. The zero-order valence-electron chi connectivity index (χ0n) is 14.0. The average molecular weight is 391 g/mol. The summed E-state index contributed by atoms with van der Waals surface area (Å²) in [6, 6.07) is 20.5. The van der Waals surface area contributed by atoms with E-state index >= 15 is 0 Å². The molecule has 2 aromatic carbocycles. The second-order valence-corrected chi connectivity index (χ2v) is 3.88. The number of methoxy groups -OCH3 is 2. The van der Waals surface area contributed by atoms with Crippen LogP contribution in [-0.4, -0.2) is 27.2 Å². The monoisotopic (exact) mass is 391 g/mol. The molecule has 0 N–H and O–H groups in total. The van der Waals surface area contributed by atoms with Crippen molar-refractivity contribution >= 4 is 12.9 Å². The number of hydrogen-bond acceptors (Lipinski definition) is 4. The van der Waals surface area contributed by atoms with Crippen LogP contribution in [0.25, 0.3) is 0 Å². The van der Waals surface area contributed by atoms with E-state index < -0.39 is 0 Å². The molecule has 0 aromatic heterocycles. The van der Waals surface area contributed by atoms with E-state index in [0.717, 1.165) is 0 Å². The molecule has 2 rings (SSSR count). The Bertz CT molecular complexity index is 415. The van der Waals surface area contributed by atoms with Gasteiger partial charge in [0.15, 0.2) is 0 Å². The van der Waals surface area contributed by atoms with E-state index in [1.54, 1.807) is 0 Å². The molecule has 5 heteroatoms. The molecule has 2 aromatic rings. The van der Waals surface area contributed by atoms with Crippen LogP contribution < -0.4 is 0 Å². The summed E-state index contributed by atoms with van der Waals surface area (Å²) in [5, 5.41) is 0. The Morgan fingerprint density at radius 1 is 0.652 bits per heavy atom. The summed E-state index contributed by atoms with van der Waals surface area (Å²) in [4.78, 5) is 17.7. The molecule has 0 aliphatic heterocycles. The fourth-order valence-corrected chi connectivity index (χ4v) is 1.07. The van der Waals surface area contributed by atoms with Crippen molar-refractivity contribution in [3.8, 4) is 0 Å². The molecule has 0 bridgehead atoms. The molecule has 0 spiro atoms. The van der Waals surface area contributed by atoms with E-state index in [-0.39, 0.29) is 32.7 Å². The number of benzene rings is 2. The molecule has 0 aliphatic carbocycles. The minimum absolute atomic E-state index is 0. The fraction of sp³-hybridized carbons (Fsp3) is 0.222. The molecular formula is C18H22O4Y-2. The second-order valence-electron chi connectivity index (χ2n) is 3.88. The van der Waals surface area contributed by atoms with Gasteiger partial charge in [0, 0.05) is 46.9 Å². The van der Waals surface area contributed by atoms with Crippen molar-refractivity contribution in [2.45, 2.75) is 13.8 Å². The van der Waals surface area contributed by atoms with Crippen LogP contribution in [0.2, 0.25) is 0 Å². The van der Waals surface area contributed by atoms with Crippen LogP contribution in [-0.2, 0) is 51.8 Å². The van der Waals surface area contributed by atoms with Gasteiger partial charge in [0.25, 0.3) is 0 Å². The van der Waals surface area contributed by atoms with Gasteiger partial charge in [0.2, 0.25) is 0 Å². The summed E-state index contributed by atoms with van der Waals surface area (Å²) in [6.45, 7) is 6.53. The van der Waals surface area contributed by atoms with Crippen LogP contribution in [0.3, 0.4) is 0 Å². The van der Waals surface area contributed by atoms with Crippen molar-refractivity contribution in [1.82, 2.24) is 0 Å². The van der Waals surface area contributed by atoms with Gasteiger partial charge in [-0.2, -0.15) is 0 Å². The molecule has 0 aliphatic rings. The van der Waals surface area contributed by atoms with Gasteiger partial charge in [0.1, 0.15) is 0 Å². The first-order valence-electron chi connectivity index (χ1n) is 6.45. The third-order valence-corrected chi connectivity index (χ3v) is 2.05. The molecule has 0 heterocycles. The molecule has 1 radical (unpaired) electrons. The van der Waals surface area contributed by atoms with Gasteiger partial charge in [-0.25, -0.2) is 0 Å². The maximum atomic E-state index is 8.83. The van der Waals surface area contributed by atoms with Gasteiger partial charge in [-0.1, -0.05) is 84.7 Å². The Balaban J connectivity index is -0.000000238. The van der Waals surface area contributed by atoms with E-state index in [2.05, 4.69) is 47.6 Å². The molecule has 4 nitrogen and oxygen atoms in total. The van der Waals surface area contributed by atoms with Crippen LogP contribution in [0, 0.1) is 13.8 Å². The smallest absolute Gasteiger partial charge is 0.0362 e. The molecule has 23 heavy (non-hydrogen) atoms. The Labute approximate surface area is 164 Å². The molecule has 0 saturated heterocycles. The van der Waals surface area contributed by atoms with Crippen LogP contribution in [0.4, 0.5) is 0 Å². The fourth-order valence-electron chi connectivity index (χ4n) is 1.07. The third kappa shape index (κ3) is 25.8. The van der Waals surface area contributed by atoms with E-state index in [1.807, 2.05) is 36.4 Å². The second kappa shape index (κ2) is 22.8. The Morgan fingerprint density at radius 2 is 0.870 bits per heavy atom. The number of ether oxygens (including phenoxy) is 2. The number of carbonyl (C=O) groups excluding carboxylic acids is 2. The maximum Gasteiger partial charge on any atom is 0.0362 e. The van der Waals surface area contributed by atoms with Gasteiger partial charge < -0.3 is 19.1 Å². The largest absolute Gasteiger partial charge is 0.655 e. The zero-order chi connectivity index (χ0) is 17.1. The molecule has 123 valence electrons. The van der Waals surface area contributed by atoms with Crippen molar-refractivity contribution in [3.63, 3.8) is 0 Å². The van der Waals surface area contributed by atoms with E-state index in [9.17, 15) is 0 Å². The normalized spacial score (nSPS) is 7.13. The summed E-state index contributed by atoms with van der Waals surface area (Å²) in [7, 11) is 2.51. The zero-order valence-corrected chi connectivity index (χ0v) is 16.8. The van der Waals surface area contributed by atoms with Crippen molar-refractivity contribution in [2.75, 3.05) is 14.2 Å². The first-order valence-corrected chi connectivity index (χ1v) is 6.45. The maximum absolute atomic E-state index is 8.83. The topological polar surface area (TPSA) is 52.6 Å². The van der Waals surface area contributed by atoms with Crippen molar-refractivity contribution < 1.29 is 51.8 Å². The van der Waals surface area contributed by atoms with E-state index in [4.69, 9.17) is 9.59 Å². The van der Waals surface area contributed by atoms with Crippen LogP contribution in [0.5, 0.6) is 0 Å². The summed E-state index contributed by atoms with van der Waals surface area (Å²) in [5.74, 6) is 0. The molecule has 0 unspecified atom stereocenters. The Morgan fingerprint density at radius 3 is 0.957 bits per heavy atom. The predicted molar refractivity (Wildman–Crippen MR) is 87.8 cm³/mol. The first kappa shape index (κ1) is 26.4. The molecule has 0 saturated carbocycles. The van der Waals surface area contributed by atoms with Crippen LogP contribution in [0.1, 0.15) is 11.1 Å². The molecular weight excluding hydrogens is 369 g/mol. The van der Waals surface area contributed by atoms with Gasteiger partial charge in [-0.3, -0.25) is 0 Å². The Kier molecular flexibility index (Phi) is 26.1. The van der Waals surface area contributed by atoms with Crippen molar-refractivity contribution in [3.05, 3.63) is 71.8 Å². The number of hydrogen-bond donors (Lipinski definition) is 0. The van der Waals surface area contributed by atoms with Crippen molar-refractivity contribution in [2.24, 2.45) is 0 Å². The summed E-state index contributed by atoms with van der Waals surface area (Å²) >= 11 is 0. The first-order chi connectivity index (χ1) is 10.6. The standard InChI is InChI=1S/2C7H8.2C2H3O2.Y/c2*1-7-5-3-2-4-6-7;2*1-4-2-3;/h2*2-6H,1H3;2*1H3;/q;;2*-1;. The molecule has 0 amide bonds. The minimum atomic E-state index is 0. The predicted octanol–water partition coefficient (Wildman–Crippen LogP) is 3.39. The van der Waals surface area contributed by atoms with Gasteiger partial charge in [-0.05, 0) is 13.8 Å². The average Bonchev–Trinajstić information content (AvgIpc) is 2.57. The van der Waals surface area contributed by atoms with Crippen LogP contribution in [0.15, 0.2) is 60.7 Å². The van der Waals surface area contributed by atoms with Crippen molar-refractivity contribution in [1.29, 1.82) is 0 Å². The summed E-state index contributed by atoms with van der Waals surface area (Å²) < 4.78 is 7.47. The number of rotatable bonds is 2. The van der Waals surface area contributed by atoms with Gasteiger partial charge >= 0.3 is 0 Å². The van der Waals surface area contributed by atoms with E-state index in [0.29, 0.717) is 0 Å². The minimum Gasteiger partial charge on any atom is -0.655 e. The van der Waals surface area contributed by atoms with Gasteiger partial charge in [-0.15, -0.1) is 0 Å². The molecule has 0 atom stereocenters. The third-order valence-electron chi connectivity index (χ3n) is 2.05. The SMILES string of the molecule is CO[C-]=O.CO[C-]=O.Cc1ccccc1.Cc1ccccc1.[Y]. The summed E-state index contributed by atoms with van der Waals surface area (Å²) in [6.07, 6.45) is 0. The van der Waals surface area contributed by atoms with Gasteiger partial charge in [0.05, 0.1) is 0 Å². The van der Waals surface area contributed by atoms with Crippen LogP contribution >= 0.6 is 0 Å². The molecule has 0 fully saturated rings. The Hall–Kier alpha value is -1.52. The van der Waals surface area contributed by atoms with E-state index in [1.165, 1.54) is 38.3 Å².